The zero-order chi connectivity index (χ0) is 35.4. The summed E-state index contributed by atoms with van der Waals surface area (Å²) in [5.74, 6) is 1.02. The second-order valence-corrected chi connectivity index (χ2v) is 16.3. The summed E-state index contributed by atoms with van der Waals surface area (Å²) >= 11 is 1.91. The lowest BCUT2D eigenvalue weighted by Gasteiger charge is -2.17. The Balaban J connectivity index is 3.77. The highest BCUT2D eigenvalue weighted by atomic mass is 32.2. The molecular formula is C46H92O2S. The summed E-state index contributed by atoms with van der Waals surface area (Å²) in [4.78, 5) is 0. The van der Waals surface area contributed by atoms with Crippen LogP contribution in [0.1, 0.15) is 252 Å². The van der Waals surface area contributed by atoms with Gasteiger partial charge >= 0.3 is 0 Å². The number of ether oxygens (including phenoxy) is 2. The molecule has 1 atom stereocenters. The van der Waals surface area contributed by atoms with E-state index in [1.54, 1.807) is 0 Å². The zero-order valence-corrected chi connectivity index (χ0v) is 35.1. The second-order valence-electron chi connectivity index (χ2n) is 15.4. The van der Waals surface area contributed by atoms with Crippen LogP contribution >= 0.6 is 11.8 Å². The van der Waals surface area contributed by atoms with Gasteiger partial charge in [0.25, 0.3) is 0 Å². The van der Waals surface area contributed by atoms with Crippen molar-refractivity contribution in [2.45, 2.75) is 258 Å². The summed E-state index contributed by atoms with van der Waals surface area (Å²) in [6.45, 7) is 9.44. The van der Waals surface area contributed by atoms with E-state index in [9.17, 15) is 0 Å². The molecule has 1 unspecified atom stereocenters. The monoisotopic (exact) mass is 709 g/mol. The van der Waals surface area contributed by atoms with Crippen molar-refractivity contribution in [3.8, 4) is 0 Å². The number of thioether (sulfide) groups is 1. The molecule has 0 radical (unpaired) electrons. The van der Waals surface area contributed by atoms with Crippen molar-refractivity contribution >= 4 is 11.8 Å². The molecular weight excluding hydrogens is 617 g/mol. The van der Waals surface area contributed by atoms with E-state index in [1.807, 2.05) is 11.8 Å². The maximum atomic E-state index is 6.36. The van der Waals surface area contributed by atoms with Crippen LogP contribution in [0.4, 0.5) is 0 Å². The summed E-state index contributed by atoms with van der Waals surface area (Å²) in [5, 5.41) is 2.30. The first-order valence-electron chi connectivity index (χ1n) is 22.8. The van der Waals surface area contributed by atoms with E-state index < -0.39 is 0 Å². The third kappa shape index (κ3) is 44.1. The van der Waals surface area contributed by atoms with Gasteiger partial charge in [0.15, 0.2) is 0 Å². The third-order valence-electron chi connectivity index (χ3n) is 10.2. The summed E-state index contributed by atoms with van der Waals surface area (Å²) in [7, 11) is 0. The van der Waals surface area contributed by atoms with Gasteiger partial charge in [-0.2, -0.15) is 0 Å². The molecule has 0 aliphatic heterocycles. The van der Waals surface area contributed by atoms with Crippen LogP contribution in [0, 0.1) is 0 Å². The lowest BCUT2D eigenvalue weighted by atomic mass is 10.0. The Morgan fingerprint density at radius 2 is 0.714 bits per heavy atom. The highest BCUT2D eigenvalue weighted by Crippen LogP contribution is 2.16. The molecule has 0 saturated heterocycles. The van der Waals surface area contributed by atoms with Gasteiger partial charge in [-0.05, 0) is 31.1 Å². The molecule has 0 aromatic rings. The second kappa shape index (κ2) is 46.0. The Morgan fingerprint density at radius 3 is 1.10 bits per heavy atom. The van der Waals surface area contributed by atoms with Crippen molar-refractivity contribution < 1.29 is 9.47 Å². The summed E-state index contributed by atoms with van der Waals surface area (Å²) in [6, 6.07) is 0. The molecule has 0 N–H and O–H groups in total. The average molecular weight is 709 g/mol. The van der Waals surface area contributed by atoms with E-state index in [0.29, 0.717) is 0 Å². The topological polar surface area (TPSA) is 18.5 Å². The largest absolute Gasteiger partial charge is 0.379 e. The van der Waals surface area contributed by atoms with Crippen molar-refractivity contribution in [3.05, 3.63) is 11.5 Å². The molecule has 0 aromatic heterocycles. The van der Waals surface area contributed by atoms with E-state index in [2.05, 4.69) is 32.3 Å². The van der Waals surface area contributed by atoms with Crippen LogP contribution in [-0.4, -0.2) is 31.7 Å². The van der Waals surface area contributed by atoms with Crippen molar-refractivity contribution in [3.63, 3.8) is 0 Å². The predicted molar refractivity (Wildman–Crippen MR) is 225 cm³/mol. The standard InChI is InChI=1S/C46H92O2S/c1-4-7-10-13-15-17-19-21-23-25-27-29-31-33-35-38-41-47-44-46(45-49-43-40-37-12-9-6-3)48-42-39-36-34-32-30-28-26-24-22-20-18-16-14-11-8-5-2/h40,43,46H,4-39,41-42,44-45H2,1-3H3/b43-40+. The van der Waals surface area contributed by atoms with Gasteiger partial charge in [0, 0.05) is 19.0 Å². The van der Waals surface area contributed by atoms with E-state index in [1.165, 1.54) is 231 Å². The molecule has 0 bridgehead atoms. The normalized spacial score (nSPS) is 12.5. The summed E-state index contributed by atoms with van der Waals surface area (Å²) < 4.78 is 12.5. The minimum Gasteiger partial charge on any atom is -0.379 e. The zero-order valence-electron chi connectivity index (χ0n) is 34.2. The first-order chi connectivity index (χ1) is 24.3. The van der Waals surface area contributed by atoms with Gasteiger partial charge in [-0.25, -0.2) is 0 Å². The molecule has 0 aromatic carbocycles. The molecule has 3 heteroatoms. The maximum absolute atomic E-state index is 6.36. The van der Waals surface area contributed by atoms with Crippen LogP contribution in [0.2, 0.25) is 0 Å². The Labute approximate surface area is 315 Å². The van der Waals surface area contributed by atoms with Crippen molar-refractivity contribution in [1.29, 1.82) is 0 Å². The Hall–Kier alpha value is 0.01000. The fourth-order valence-corrected chi connectivity index (χ4v) is 7.61. The quantitative estimate of drug-likeness (QED) is 0.0587. The third-order valence-corrected chi connectivity index (χ3v) is 11.2. The highest BCUT2D eigenvalue weighted by molar-refractivity contribution is 8.02. The van der Waals surface area contributed by atoms with E-state index in [-0.39, 0.29) is 6.10 Å². The number of rotatable bonds is 44. The molecule has 0 rings (SSSR count). The molecule has 0 fully saturated rings. The molecule has 294 valence electrons. The van der Waals surface area contributed by atoms with E-state index in [4.69, 9.17) is 9.47 Å². The van der Waals surface area contributed by atoms with E-state index >= 15 is 0 Å². The fourth-order valence-electron chi connectivity index (χ4n) is 6.82. The van der Waals surface area contributed by atoms with Crippen molar-refractivity contribution in [2.24, 2.45) is 0 Å². The number of allylic oxidation sites excluding steroid dienone is 1. The number of unbranched alkanes of at least 4 members (excludes halogenated alkanes) is 33. The molecule has 0 aliphatic rings. The molecule has 0 heterocycles. The van der Waals surface area contributed by atoms with Crippen LogP contribution in [0.15, 0.2) is 11.5 Å². The summed E-state index contributed by atoms with van der Waals surface area (Å²) in [6.07, 6.45) is 53.0. The smallest absolute Gasteiger partial charge is 0.0901 e. The molecule has 0 amide bonds. The maximum Gasteiger partial charge on any atom is 0.0901 e. The van der Waals surface area contributed by atoms with Gasteiger partial charge in [-0.3, -0.25) is 0 Å². The molecule has 0 aliphatic carbocycles. The lowest BCUT2D eigenvalue weighted by molar-refractivity contribution is -0.00616. The van der Waals surface area contributed by atoms with Crippen LogP contribution in [0.25, 0.3) is 0 Å². The molecule has 0 spiro atoms. The summed E-state index contributed by atoms with van der Waals surface area (Å²) in [5.41, 5.74) is 0. The van der Waals surface area contributed by atoms with Crippen LogP contribution < -0.4 is 0 Å². The van der Waals surface area contributed by atoms with Crippen LogP contribution in [0.5, 0.6) is 0 Å². The van der Waals surface area contributed by atoms with E-state index in [0.717, 1.165) is 25.6 Å². The minimum absolute atomic E-state index is 0.225. The Morgan fingerprint density at radius 1 is 0.388 bits per heavy atom. The Bertz CT molecular complexity index is 594. The number of hydrogen-bond donors (Lipinski definition) is 0. The SMILES string of the molecule is CCCCC/C=C/SCC(COCCCCCCCCCCCCCCCCCC)OCCCCCCCCCCCCCCCCCC. The van der Waals surface area contributed by atoms with Gasteiger partial charge in [-0.1, -0.05) is 232 Å². The van der Waals surface area contributed by atoms with Gasteiger partial charge in [0.2, 0.25) is 0 Å². The Kier molecular flexibility index (Phi) is 46.0. The lowest BCUT2D eigenvalue weighted by Crippen LogP contribution is -2.23. The van der Waals surface area contributed by atoms with Crippen molar-refractivity contribution in [1.82, 2.24) is 0 Å². The minimum atomic E-state index is 0.225. The van der Waals surface area contributed by atoms with Gasteiger partial charge in [0.05, 0.1) is 12.7 Å². The first kappa shape index (κ1) is 49.0. The molecule has 49 heavy (non-hydrogen) atoms. The average Bonchev–Trinajstić information content (AvgIpc) is 3.11. The fraction of sp³-hybridized carbons (Fsp3) is 0.957. The first-order valence-corrected chi connectivity index (χ1v) is 23.9. The van der Waals surface area contributed by atoms with Crippen molar-refractivity contribution in [2.75, 3.05) is 25.6 Å². The van der Waals surface area contributed by atoms with Gasteiger partial charge in [0.1, 0.15) is 0 Å². The predicted octanol–water partition coefficient (Wildman–Crippen LogP) is 16.7. The molecule has 0 saturated carbocycles. The molecule has 2 nitrogen and oxygen atoms in total. The highest BCUT2D eigenvalue weighted by Gasteiger charge is 2.09. The van der Waals surface area contributed by atoms with Crippen LogP contribution in [-0.2, 0) is 9.47 Å². The van der Waals surface area contributed by atoms with Gasteiger partial charge in [-0.15, -0.1) is 11.8 Å². The van der Waals surface area contributed by atoms with Gasteiger partial charge < -0.3 is 9.47 Å². The number of hydrogen-bond acceptors (Lipinski definition) is 3. The van der Waals surface area contributed by atoms with Crippen LogP contribution in [0.3, 0.4) is 0 Å².